The third kappa shape index (κ3) is 2.41. The fourth-order valence-corrected chi connectivity index (χ4v) is 2.13. The highest BCUT2D eigenvalue weighted by atomic mass is 16.4. The number of imidazole rings is 1. The normalized spacial score (nSPS) is 21.4. The van der Waals surface area contributed by atoms with Crippen LogP contribution in [-0.4, -0.2) is 45.2 Å². The zero-order valence-corrected chi connectivity index (χ0v) is 9.46. The van der Waals surface area contributed by atoms with Crippen molar-refractivity contribution in [2.75, 3.05) is 19.6 Å². The molecule has 1 unspecified atom stereocenters. The van der Waals surface area contributed by atoms with Crippen LogP contribution in [0.1, 0.15) is 12.2 Å². The highest BCUT2D eigenvalue weighted by Gasteiger charge is 2.27. The van der Waals surface area contributed by atoms with Crippen molar-refractivity contribution in [2.24, 2.45) is 5.92 Å². The Morgan fingerprint density at radius 2 is 2.44 bits per heavy atom. The average Bonchev–Trinajstić information content (AvgIpc) is 2.83. The monoisotopic (exact) mass is 223 g/mol. The van der Waals surface area contributed by atoms with E-state index in [1.165, 1.54) is 0 Å². The van der Waals surface area contributed by atoms with Gasteiger partial charge in [-0.3, -0.25) is 4.79 Å². The number of nitrogens with zero attached hydrogens (tertiary/aromatic N) is 3. The molecular formula is C11H17N3O2. The third-order valence-corrected chi connectivity index (χ3v) is 3.20. The molecule has 2 rings (SSSR count). The van der Waals surface area contributed by atoms with Gasteiger partial charge in [0.15, 0.2) is 0 Å². The number of hydrogen-bond acceptors (Lipinski definition) is 3. The predicted molar refractivity (Wildman–Crippen MR) is 59.1 cm³/mol. The molecule has 1 fully saturated rings. The van der Waals surface area contributed by atoms with Crippen molar-refractivity contribution in [1.82, 2.24) is 14.5 Å². The molecule has 88 valence electrons. The number of aromatic nitrogens is 2. The molecule has 2 heterocycles. The van der Waals surface area contributed by atoms with Crippen LogP contribution in [0.5, 0.6) is 0 Å². The molecule has 1 aliphatic rings. The highest BCUT2D eigenvalue weighted by Crippen LogP contribution is 2.15. The second-order valence-electron chi connectivity index (χ2n) is 4.29. The number of carbonyl (C=O) groups is 1. The van der Waals surface area contributed by atoms with Gasteiger partial charge in [0.25, 0.3) is 0 Å². The number of aliphatic carboxylic acids is 1. The van der Waals surface area contributed by atoms with E-state index in [4.69, 9.17) is 5.11 Å². The number of rotatable bonds is 4. The van der Waals surface area contributed by atoms with Gasteiger partial charge in [-0.1, -0.05) is 0 Å². The van der Waals surface area contributed by atoms with Crippen molar-refractivity contribution in [3.05, 3.63) is 18.2 Å². The highest BCUT2D eigenvalue weighted by molar-refractivity contribution is 5.70. The largest absolute Gasteiger partial charge is 0.481 e. The van der Waals surface area contributed by atoms with Crippen LogP contribution in [0.4, 0.5) is 0 Å². The smallest absolute Gasteiger partial charge is 0.307 e. The summed E-state index contributed by atoms with van der Waals surface area (Å²) in [6, 6.07) is 0. The standard InChI is InChI=1S/C11H17N3O2/c1-9-12-3-5-14(9)7-6-13-4-2-10(8-13)11(15)16/h3,5,10H,2,4,6-8H2,1H3,(H,15,16). The summed E-state index contributed by atoms with van der Waals surface area (Å²) in [5.41, 5.74) is 0. The first-order chi connectivity index (χ1) is 7.66. The zero-order chi connectivity index (χ0) is 11.5. The van der Waals surface area contributed by atoms with E-state index in [1.807, 2.05) is 13.1 Å². The SMILES string of the molecule is Cc1nccn1CCN1CCC(C(=O)O)C1. The van der Waals surface area contributed by atoms with Crippen molar-refractivity contribution in [1.29, 1.82) is 0 Å². The summed E-state index contributed by atoms with van der Waals surface area (Å²) < 4.78 is 2.09. The van der Waals surface area contributed by atoms with E-state index in [9.17, 15) is 4.79 Å². The van der Waals surface area contributed by atoms with Crippen molar-refractivity contribution in [3.63, 3.8) is 0 Å². The summed E-state index contributed by atoms with van der Waals surface area (Å²) in [6.07, 6.45) is 4.53. The van der Waals surface area contributed by atoms with Crippen LogP contribution in [0.3, 0.4) is 0 Å². The van der Waals surface area contributed by atoms with Gasteiger partial charge in [0, 0.05) is 32.0 Å². The molecule has 0 bridgehead atoms. The second-order valence-corrected chi connectivity index (χ2v) is 4.29. The fraction of sp³-hybridized carbons (Fsp3) is 0.636. The number of hydrogen-bond donors (Lipinski definition) is 1. The summed E-state index contributed by atoms with van der Waals surface area (Å²) in [5.74, 6) is 0.166. The molecule has 16 heavy (non-hydrogen) atoms. The van der Waals surface area contributed by atoms with E-state index in [2.05, 4.69) is 14.5 Å². The van der Waals surface area contributed by atoms with Crippen LogP contribution < -0.4 is 0 Å². The maximum Gasteiger partial charge on any atom is 0.307 e. The van der Waals surface area contributed by atoms with Gasteiger partial charge >= 0.3 is 5.97 Å². The van der Waals surface area contributed by atoms with Gasteiger partial charge in [0.05, 0.1) is 5.92 Å². The number of carboxylic acid groups (broad SMARTS) is 1. The quantitative estimate of drug-likeness (QED) is 0.812. The summed E-state index contributed by atoms with van der Waals surface area (Å²) in [6.45, 7) is 5.34. The van der Waals surface area contributed by atoms with Gasteiger partial charge < -0.3 is 14.6 Å². The molecule has 0 radical (unpaired) electrons. The minimum atomic E-state index is -0.665. The Morgan fingerprint density at radius 3 is 3.00 bits per heavy atom. The summed E-state index contributed by atoms with van der Waals surface area (Å²) in [7, 11) is 0. The van der Waals surface area contributed by atoms with Crippen LogP contribution in [0.25, 0.3) is 0 Å². The Balaban J connectivity index is 1.80. The van der Waals surface area contributed by atoms with Crippen molar-refractivity contribution in [3.8, 4) is 0 Å². The zero-order valence-electron chi connectivity index (χ0n) is 9.46. The minimum absolute atomic E-state index is 0.177. The van der Waals surface area contributed by atoms with E-state index in [-0.39, 0.29) is 5.92 Å². The molecule has 0 aliphatic carbocycles. The molecule has 5 heteroatoms. The topological polar surface area (TPSA) is 58.4 Å². The lowest BCUT2D eigenvalue weighted by molar-refractivity contribution is -0.141. The number of aryl methyl sites for hydroxylation is 1. The van der Waals surface area contributed by atoms with E-state index in [0.717, 1.165) is 31.9 Å². The molecule has 5 nitrogen and oxygen atoms in total. The molecule has 0 spiro atoms. The van der Waals surface area contributed by atoms with Crippen LogP contribution >= 0.6 is 0 Å². The summed E-state index contributed by atoms with van der Waals surface area (Å²) in [5, 5.41) is 8.89. The molecule has 1 aliphatic heterocycles. The number of likely N-dealkylation sites (tertiary alicyclic amines) is 1. The second kappa shape index (κ2) is 4.65. The van der Waals surface area contributed by atoms with E-state index in [1.54, 1.807) is 6.20 Å². The molecule has 0 amide bonds. The van der Waals surface area contributed by atoms with Crippen molar-refractivity contribution < 1.29 is 9.90 Å². The molecule has 0 aromatic carbocycles. The average molecular weight is 223 g/mol. The molecule has 1 saturated heterocycles. The lowest BCUT2D eigenvalue weighted by atomic mass is 10.1. The Morgan fingerprint density at radius 1 is 1.62 bits per heavy atom. The van der Waals surface area contributed by atoms with E-state index < -0.39 is 5.97 Å². The van der Waals surface area contributed by atoms with Crippen molar-refractivity contribution >= 4 is 5.97 Å². The molecule has 1 atom stereocenters. The van der Waals surface area contributed by atoms with Gasteiger partial charge in [0.1, 0.15) is 5.82 Å². The van der Waals surface area contributed by atoms with Gasteiger partial charge in [-0.05, 0) is 19.9 Å². The van der Waals surface area contributed by atoms with Crippen LogP contribution in [0, 0.1) is 12.8 Å². The van der Waals surface area contributed by atoms with Crippen LogP contribution in [-0.2, 0) is 11.3 Å². The first-order valence-electron chi connectivity index (χ1n) is 5.59. The molecule has 1 aromatic rings. The maximum atomic E-state index is 10.8. The molecule has 1 N–H and O–H groups in total. The van der Waals surface area contributed by atoms with E-state index in [0.29, 0.717) is 6.54 Å². The van der Waals surface area contributed by atoms with Gasteiger partial charge in [-0.25, -0.2) is 4.98 Å². The molecular weight excluding hydrogens is 206 g/mol. The fourth-order valence-electron chi connectivity index (χ4n) is 2.13. The molecule has 0 saturated carbocycles. The minimum Gasteiger partial charge on any atom is -0.481 e. The lowest BCUT2D eigenvalue weighted by Gasteiger charge is -2.15. The summed E-state index contributed by atoms with van der Waals surface area (Å²) >= 11 is 0. The van der Waals surface area contributed by atoms with Crippen LogP contribution in [0.15, 0.2) is 12.4 Å². The first kappa shape index (κ1) is 11.1. The Kier molecular flexibility index (Phi) is 3.24. The van der Waals surface area contributed by atoms with Gasteiger partial charge in [-0.2, -0.15) is 0 Å². The third-order valence-electron chi connectivity index (χ3n) is 3.20. The van der Waals surface area contributed by atoms with Gasteiger partial charge in [0.2, 0.25) is 0 Å². The predicted octanol–water partition coefficient (Wildman–Crippen LogP) is 0.598. The number of carboxylic acids is 1. The Bertz CT molecular complexity index is 375. The van der Waals surface area contributed by atoms with E-state index >= 15 is 0 Å². The first-order valence-corrected chi connectivity index (χ1v) is 5.59. The lowest BCUT2D eigenvalue weighted by Crippen LogP contribution is -2.26. The van der Waals surface area contributed by atoms with Crippen LogP contribution in [0.2, 0.25) is 0 Å². The van der Waals surface area contributed by atoms with Gasteiger partial charge in [-0.15, -0.1) is 0 Å². The Labute approximate surface area is 94.7 Å². The maximum absolute atomic E-state index is 10.8. The Hall–Kier alpha value is -1.36. The summed E-state index contributed by atoms with van der Waals surface area (Å²) in [4.78, 5) is 17.2. The van der Waals surface area contributed by atoms with Crippen molar-refractivity contribution in [2.45, 2.75) is 19.9 Å². The molecule has 1 aromatic heterocycles.